The molecule has 5 nitrogen and oxygen atoms in total. The molecule has 0 amide bonds. The first-order valence-corrected chi connectivity index (χ1v) is 9.47. The van der Waals surface area contributed by atoms with Crippen molar-refractivity contribution in [3.05, 3.63) is 46.6 Å². The van der Waals surface area contributed by atoms with Gasteiger partial charge < -0.3 is 9.72 Å². The highest BCUT2D eigenvalue weighted by molar-refractivity contribution is 7.90. The molecule has 124 valence electrons. The normalized spacial score (nSPS) is 17.0. The van der Waals surface area contributed by atoms with Gasteiger partial charge in [0.05, 0.1) is 11.1 Å². The summed E-state index contributed by atoms with van der Waals surface area (Å²) in [7, 11) is -3.42. The van der Waals surface area contributed by atoms with Gasteiger partial charge in [0.2, 0.25) is 0 Å². The number of halogens is 2. The number of rotatable bonds is 5. The number of ether oxygens (including phenoxy) is 1. The zero-order valence-corrected chi connectivity index (χ0v) is 14.0. The Balaban J connectivity index is 1.97. The molecule has 2 aromatic rings. The molecule has 1 fully saturated rings. The van der Waals surface area contributed by atoms with Crippen molar-refractivity contribution in [1.82, 2.24) is 9.97 Å². The van der Waals surface area contributed by atoms with E-state index < -0.39 is 21.8 Å². The van der Waals surface area contributed by atoms with Crippen LogP contribution in [0.4, 0.5) is 4.39 Å². The summed E-state index contributed by atoms with van der Waals surface area (Å²) in [6.07, 6.45) is 4.84. The summed E-state index contributed by atoms with van der Waals surface area (Å²) in [5, 5.41) is -0.0671. The van der Waals surface area contributed by atoms with E-state index in [1.54, 1.807) is 6.07 Å². The minimum absolute atomic E-state index is 0.0143. The number of hydrogen-bond acceptors (Lipinski definition) is 4. The Morgan fingerprint density at radius 2 is 2.17 bits per heavy atom. The minimum atomic E-state index is -3.42. The SMILES string of the molecule is CS(=O)(=O)c1c[nH]c(C(OC2CCC2)c2ccc(F)c(Cl)c2)n1. The molecule has 1 atom stereocenters. The zero-order chi connectivity index (χ0) is 16.6. The molecule has 1 aliphatic rings. The number of aromatic nitrogens is 2. The molecule has 1 aromatic heterocycles. The molecule has 1 heterocycles. The lowest BCUT2D eigenvalue weighted by molar-refractivity contribution is -0.0382. The molecule has 1 unspecified atom stereocenters. The summed E-state index contributed by atoms with van der Waals surface area (Å²) in [5.74, 6) is -0.158. The van der Waals surface area contributed by atoms with E-state index in [1.807, 2.05) is 0 Å². The highest BCUT2D eigenvalue weighted by Crippen LogP contribution is 2.33. The van der Waals surface area contributed by atoms with Gasteiger partial charge in [-0.05, 0) is 37.0 Å². The largest absolute Gasteiger partial charge is 0.362 e. The van der Waals surface area contributed by atoms with Crippen LogP contribution in [0.25, 0.3) is 0 Å². The number of imidazole rings is 1. The summed E-state index contributed by atoms with van der Waals surface area (Å²) in [4.78, 5) is 6.96. The minimum Gasteiger partial charge on any atom is -0.362 e. The molecule has 3 rings (SSSR count). The standard InChI is InChI=1S/C15H16ClFN2O3S/c1-23(20,21)13-8-18-15(19-13)14(22-10-3-2-4-10)9-5-6-12(17)11(16)7-9/h5-8,10,14H,2-4H2,1H3,(H,18,19). The fourth-order valence-electron chi connectivity index (χ4n) is 2.32. The highest BCUT2D eigenvalue weighted by Gasteiger charge is 2.28. The second-order valence-corrected chi connectivity index (χ2v) is 8.01. The molecular formula is C15H16ClFN2O3S. The van der Waals surface area contributed by atoms with Crippen LogP contribution >= 0.6 is 11.6 Å². The lowest BCUT2D eigenvalue weighted by Gasteiger charge is -2.30. The molecule has 23 heavy (non-hydrogen) atoms. The van der Waals surface area contributed by atoms with Gasteiger partial charge in [-0.1, -0.05) is 17.7 Å². The van der Waals surface area contributed by atoms with E-state index >= 15 is 0 Å². The van der Waals surface area contributed by atoms with Gasteiger partial charge in [0.1, 0.15) is 17.7 Å². The Morgan fingerprint density at radius 1 is 1.43 bits per heavy atom. The maximum atomic E-state index is 13.4. The van der Waals surface area contributed by atoms with E-state index in [4.69, 9.17) is 16.3 Å². The van der Waals surface area contributed by atoms with E-state index in [-0.39, 0.29) is 16.2 Å². The van der Waals surface area contributed by atoms with Crippen molar-refractivity contribution in [3.63, 3.8) is 0 Å². The molecule has 0 aliphatic heterocycles. The van der Waals surface area contributed by atoms with Gasteiger partial charge in [0.25, 0.3) is 0 Å². The smallest absolute Gasteiger partial charge is 0.194 e. The number of aromatic amines is 1. The lowest BCUT2D eigenvalue weighted by atomic mass is 9.95. The van der Waals surface area contributed by atoms with Crippen molar-refractivity contribution in [3.8, 4) is 0 Å². The van der Waals surface area contributed by atoms with Crippen LogP contribution in [-0.2, 0) is 14.6 Å². The maximum Gasteiger partial charge on any atom is 0.194 e. The van der Waals surface area contributed by atoms with Gasteiger partial charge in [-0.2, -0.15) is 0 Å². The topological polar surface area (TPSA) is 72.0 Å². The molecule has 1 aromatic carbocycles. The Bertz CT molecular complexity index is 818. The third kappa shape index (κ3) is 3.57. The van der Waals surface area contributed by atoms with Gasteiger partial charge in [0, 0.05) is 12.5 Å². The fraction of sp³-hybridized carbons (Fsp3) is 0.400. The summed E-state index contributed by atoms with van der Waals surface area (Å²) < 4.78 is 42.6. The molecule has 1 N–H and O–H groups in total. The van der Waals surface area contributed by atoms with Gasteiger partial charge in [0.15, 0.2) is 14.9 Å². The van der Waals surface area contributed by atoms with Crippen molar-refractivity contribution < 1.29 is 17.5 Å². The summed E-state index contributed by atoms with van der Waals surface area (Å²) in [6.45, 7) is 0. The summed E-state index contributed by atoms with van der Waals surface area (Å²) in [6, 6.07) is 4.30. The number of hydrogen-bond donors (Lipinski definition) is 1. The molecule has 1 aliphatic carbocycles. The van der Waals surface area contributed by atoms with Crippen molar-refractivity contribution >= 4 is 21.4 Å². The number of nitrogens with zero attached hydrogens (tertiary/aromatic N) is 1. The first kappa shape index (κ1) is 16.4. The fourth-order valence-corrected chi connectivity index (χ4v) is 3.05. The Kier molecular flexibility index (Phi) is 4.44. The van der Waals surface area contributed by atoms with Crippen molar-refractivity contribution in [2.24, 2.45) is 0 Å². The third-order valence-electron chi connectivity index (χ3n) is 3.83. The van der Waals surface area contributed by atoms with Crippen molar-refractivity contribution in [2.45, 2.75) is 36.5 Å². The van der Waals surface area contributed by atoms with Crippen molar-refractivity contribution in [2.75, 3.05) is 6.26 Å². The predicted octanol–water partition coefficient (Wildman–Crippen LogP) is 3.26. The molecule has 0 saturated heterocycles. The van der Waals surface area contributed by atoms with Crippen LogP contribution in [0.3, 0.4) is 0 Å². The highest BCUT2D eigenvalue weighted by atomic mass is 35.5. The molecule has 0 bridgehead atoms. The van der Waals surface area contributed by atoms with Gasteiger partial charge in [-0.3, -0.25) is 0 Å². The number of sulfone groups is 1. The van der Waals surface area contributed by atoms with E-state index in [0.29, 0.717) is 11.4 Å². The van der Waals surface area contributed by atoms with Gasteiger partial charge in [-0.15, -0.1) is 0 Å². The van der Waals surface area contributed by atoms with Gasteiger partial charge in [-0.25, -0.2) is 17.8 Å². The van der Waals surface area contributed by atoms with E-state index in [2.05, 4.69) is 9.97 Å². The maximum absolute atomic E-state index is 13.4. The number of nitrogens with one attached hydrogen (secondary N) is 1. The van der Waals surface area contributed by atoms with E-state index in [9.17, 15) is 12.8 Å². The van der Waals surface area contributed by atoms with Crippen LogP contribution in [0, 0.1) is 5.82 Å². The Morgan fingerprint density at radius 3 is 2.70 bits per heavy atom. The second-order valence-electron chi connectivity index (χ2n) is 5.64. The monoisotopic (exact) mass is 358 g/mol. The average molecular weight is 359 g/mol. The molecular weight excluding hydrogens is 343 g/mol. The van der Waals surface area contributed by atoms with Crippen molar-refractivity contribution in [1.29, 1.82) is 0 Å². The van der Waals surface area contributed by atoms with Crippen LogP contribution in [0.15, 0.2) is 29.4 Å². The molecule has 0 radical (unpaired) electrons. The van der Waals surface area contributed by atoms with E-state index in [1.165, 1.54) is 18.3 Å². The van der Waals surface area contributed by atoms with Crippen LogP contribution < -0.4 is 0 Å². The van der Waals surface area contributed by atoms with Crippen LogP contribution in [0.2, 0.25) is 5.02 Å². The second kappa shape index (κ2) is 6.22. The molecule has 0 spiro atoms. The van der Waals surface area contributed by atoms with Crippen LogP contribution in [0.5, 0.6) is 0 Å². The number of benzene rings is 1. The summed E-state index contributed by atoms with van der Waals surface area (Å²) >= 11 is 5.85. The first-order valence-electron chi connectivity index (χ1n) is 7.20. The lowest BCUT2D eigenvalue weighted by Crippen LogP contribution is -2.25. The zero-order valence-electron chi connectivity index (χ0n) is 12.4. The number of H-pyrrole nitrogens is 1. The Labute approximate surface area is 138 Å². The summed E-state index contributed by atoms with van der Waals surface area (Å²) in [5.41, 5.74) is 0.623. The molecule has 8 heteroatoms. The first-order chi connectivity index (χ1) is 10.8. The van der Waals surface area contributed by atoms with Crippen LogP contribution in [0.1, 0.15) is 36.8 Å². The quantitative estimate of drug-likeness (QED) is 0.890. The van der Waals surface area contributed by atoms with Crippen LogP contribution in [-0.4, -0.2) is 30.7 Å². The average Bonchev–Trinajstić information content (AvgIpc) is 2.90. The third-order valence-corrected chi connectivity index (χ3v) is 5.09. The Hall–Kier alpha value is -1.44. The molecule has 1 saturated carbocycles. The predicted molar refractivity (Wildman–Crippen MR) is 83.7 cm³/mol. The van der Waals surface area contributed by atoms with Gasteiger partial charge >= 0.3 is 0 Å². The van der Waals surface area contributed by atoms with E-state index in [0.717, 1.165) is 25.5 Å².